The van der Waals surface area contributed by atoms with Gasteiger partial charge in [-0.15, -0.1) is 10.2 Å². The van der Waals surface area contributed by atoms with Gasteiger partial charge in [0.2, 0.25) is 5.82 Å². The Bertz CT molecular complexity index is 1140. The summed E-state index contributed by atoms with van der Waals surface area (Å²) < 4.78 is 12.6. The van der Waals surface area contributed by atoms with Crippen molar-refractivity contribution in [2.24, 2.45) is 0 Å². The second-order valence-electron chi connectivity index (χ2n) is 5.97. The van der Waals surface area contributed by atoms with Crippen LogP contribution in [0.15, 0.2) is 75.0 Å². The van der Waals surface area contributed by atoms with E-state index in [0.717, 1.165) is 0 Å². The fraction of sp³-hybridized carbons (Fsp3) is 0.105. The Morgan fingerprint density at radius 3 is 2.66 bits per heavy atom. The second-order valence-corrected chi connectivity index (χ2v) is 6.91. The standard InChI is InChI=1S/C19H14N4O5S/c24-16(13-4-1-5-14(10-13)23(25)26)12-29-19-21-20-18(17-7-3-9-28-17)22(19)11-15-6-2-8-27-15/h1-10H,11-12H2. The van der Waals surface area contributed by atoms with Gasteiger partial charge in [-0.1, -0.05) is 23.9 Å². The van der Waals surface area contributed by atoms with Crippen molar-refractivity contribution >= 4 is 23.2 Å². The lowest BCUT2D eigenvalue weighted by molar-refractivity contribution is -0.384. The Balaban J connectivity index is 1.56. The van der Waals surface area contributed by atoms with E-state index in [-0.39, 0.29) is 22.8 Å². The molecule has 0 saturated heterocycles. The summed E-state index contributed by atoms with van der Waals surface area (Å²) in [5.41, 5.74) is 0.150. The van der Waals surface area contributed by atoms with Crippen LogP contribution in [0, 0.1) is 10.1 Å². The van der Waals surface area contributed by atoms with E-state index in [1.54, 1.807) is 41.4 Å². The molecule has 0 spiro atoms. The van der Waals surface area contributed by atoms with Gasteiger partial charge in [-0.25, -0.2) is 0 Å². The predicted octanol–water partition coefficient (Wildman–Crippen LogP) is 4.06. The summed E-state index contributed by atoms with van der Waals surface area (Å²) in [5, 5.41) is 19.8. The average molecular weight is 410 g/mol. The third-order valence-electron chi connectivity index (χ3n) is 4.06. The molecule has 0 unspecified atom stereocenters. The number of nitrogens with zero attached hydrogens (tertiary/aromatic N) is 4. The smallest absolute Gasteiger partial charge is 0.270 e. The molecule has 0 aliphatic heterocycles. The summed E-state index contributed by atoms with van der Waals surface area (Å²) in [4.78, 5) is 22.9. The van der Waals surface area contributed by atoms with Crippen molar-refractivity contribution < 1.29 is 18.6 Å². The number of hydrogen-bond donors (Lipinski definition) is 0. The lowest BCUT2D eigenvalue weighted by Gasteiger charge is -2.07. The van der Waals surface area contributed by atoms with Crippen molar-refractivity contribution in [1.82, 2.24) is 14.8 Å². The van der Waals surface area contributed by atoms with Crippen molar-refractivity contribution in [2.75, 3.05) is 5.75 Å². The van der Waals surface area contributed by atoms with Crippen LogP contribution in [-0.4, -0.2) is 31.2 Å². The Morgan fingerprint density at radius 2 is 1.93 bits per heavy atom. The molecule has 3 aromatic heterocycles. The highest BCUT2D eigenvalue weighted by Gasteiger charge is 2.19. The van der Waals surface area contributed by atoms with Gasteiger partial charge in [0.05, 0.1) is 29.7 Å². The number of hydrogen-bond acceptors (Lipinski definition) is 8. The molecular formula is C19H14N4O5S. The topological polar surface area (TPSA) is 117 Å². The first-order valence-electron chi connectivity index (χ1n) is 8.52. The quantitative estimate of drug-likeness (QED) is 0.185. The number of non-ortho nitro benzene ring substituents is 1. The molecular weight excluding hydrogens is 396 g/mol. The van der Waals surface area contributed by atoms with Gasteiger partial charge in [0.15, 0.2) is 16.7 Å². The molecule has 9 nitrogen and oxygen atoms in total. The second kappa shape index (κ2) is 8.15. The van der Waals surface area contributed by atoms with Crippen molar-refractivity contribution in [3.63, 3.8) is 0 Å². The number of nitro benzene ring substituents is 1. The van der Waals surface area contributed by atoms with Gasteiger partial charge >= 0.3 is 0 Å². The highest BCUT2D eigenvalue weighted by Crippen LogP contribution is 2.26. The lowest BCUT2D eigenvalue weighted by atomic mass is 10.1. The normalized spacial score (nSPS) is 10.9. The summed E-state index contributed by atoms with van der Waals surface area (Å²) in [5.74, 6) is 1.56. The molecule has 0 fully saturated rings. The number of carbonyl (C=O) groups is 1. The zero-order chi connectivity index (χ0) is 20.2. The number of ketones is 1. The molecule has 3 heterocycles. The first kappa shape index (κ1) is 18.7. The molecule has 4 aromatic rings. The minimum absolute atomic E-state index is 0.0512. The first-order chi connectivity index (χ1) is 14.1. The minimum Gasteiger partial charge on any atom is -0.467 e. The van der Waals surface area contributed by atoms with Crippen LogP contribution in [-0.2, 0) is 6.54 Å². The number of benzene rings is 1. The lowest BCUT2D eigenvalue weighted by Crippen LogP contribution is -2.07. The van der Waals surface area contributed by atoms with Crippen LogP contribution in [0.2, 0.25) is 0 Å². The Hall–Kier alpha value is -3.66. The van der Waals surface area contributed by atoms with E-state index in [9.17, 15) is 14.9 Å². The van der Waals surface area contributed by atoms with Crippen LogP contribution in [0.5, 0.6) is 0 Å². The van der Waals surface area contributed by atoms with Gasteiger partial charge in [-0.3, -0.25) is 19.5 Å². The van der Waals surface area contributed by atoms with Gasteiger partial charge in [-0.05, 0) is 24.3 Å². The van der Waals surface area contributed by atoms with Crippen molar-refractivity contribution in [3.05, 3.63) is 82.5 Å². The number of carbonyl (C=O) groups excluding carboxylic acids is 1. The number of Topliss-reactive ketones (excluding diaryl/α,β-unsaturated/α-hetero) is 1. The Kier molecular flexibility index (Phi) is 5.25. The summed E-state index contributed by atoms with van der Waals surface area (Å²) >= 11 is 1.19. The van der Waals surface area contributed by atoms with E-state index in [1.807, 2.05) is 6.07 Å². The maximum atomic E-state index is 12.5. The van der Waals surface area contributed by atoms with E-state index >= 15 is 0 Å². The summed E-state index contributed by atoms with van der Waals surface area (Å²) in [7, 11) is 0. The summed E-state index contributed by atoms with van der Waals surface area (Å²) in [6.45, 7) is 0.364. The monoisotopic (exact) mass is 410 g/mol. The van der Waals surface area contributed by atoms with Crippen LogP contribution in [0.1, 0.15) is 16.1 Å². The van der Waals surface area contributed by atoms with Crippen LogP contribution >= 0.6 is 11.8 Å². The molecule has 0 radical (unpaired) electrons. The number of furan rings is 2. The van der Waals surface area contributed by atoms with Crippen LogP contribution in [0.3, 0.4) is 0 Å². The van der Waals surface area contributed by atoms with Gasteiger partial charge in [0.1, 0.15) is 5.76 Å². The average Bonchev–Trinajstić information content (AvgIpc) is 3.49. The molecule has 0 N–H and O–H groups in total. The van der Waals surface area contributed by atoms with E-state index in [0.29, 0.717) is 29.0 Å². The van der Waals surface area contributed by atoms with E-state index in [1.165, 1.54) is 30.0 Å². The largest absolute Gasteiger partial charge is 0.467 e. The predicted molar refractivity (Wildman–Crippen MR) is 104 cm³/mol. The minimum atomic E-state index is -0.528. The van der Waals surface area contributed by atoms with Gasteiger partial charge in [-0.2, -0.15) is 0 Å². The zero-order valence-corrected chi connectivity index (χ0v) is 15.7. The van der Waals surface area contributed by atoms with E-state index < -0.39 is 4.92 Å². The number of nitro groups is 1. The molecule has 0 aliphatic carbocycles. The fourth-order valence-corrected chi connectivity index (χ4v) is 3.52. The van der Waals surface area contributed by atoms with Gasteiger partial charge in [0.25, 0.3) is 5.69 Å². The van der Waals surface area contributed by atoms with Crippen molar-refractivity contribution in [3.8, 4) is 11.6 Å². The molecule has 0 aliphatic rings. The highest BCUT2D eigenvalue weighted by molar-refractivity contribution is 7.99. The maximum Gasteiger partial charge on any atom is 0.270 e. The molecule has 0 amide bonds. The van der Waals surface area contributed by atoms with Crippen LogP contribution in [0.25, 0.3) is 11.6 Å². The molecule has 146 valence electrons. The molecule has 1 aromatic carbocycles. The van der Waals surface area contributed by atoms with Gasteiger partial charge < -0.3 is 8.83 Å². The van der Waals surface area contributed by atoms with Gasteiger partial charge in [0, 0.05) is 17.7 Å². The number of aromatic nitrogens is 3. The van der Waals surface area contributed by atoms with Crippen LogP contribution < -0.4 is 0 Å². The fourth-order valence-electron chi connectivity index (χ4n) is 2.69. The third-order valence-corrected chi connectivity index (χ3v) is 5.03. The van der Waals surface area contributed by atoms with Crippen LogP contribution in [0.4, 0.5) is 5.69 Å². The first-order valence-corrected chi connectivity index (χ1v) is 9.50. The third kappa shape index (κ3) is 4.11. The number of rotatable bonds is 8. The Labute approximate surface area is 168 Å². The van der Waals surface area contributed by atoms with Crippen molar-refractivity contribution in [1.29, 1.82) is 0 Å². The van der Waals surface area contributed by atoms with Crippen molar-refractivity contribution in [2.45, 2.75) is 11.7 Å². The molecule has 29 heavy (non-hydrogen) atoms. The van der Waals surface area contributed by atoms with E-state index in [4.69, 9.17) is 8.83 Å². The maximum absolute atomic E-state index is 12.5. The number of thioether (sulfide) groups is 1. The SMILES string of the molecule is O=C(CSc1nnc(-c2ccco2)n1Cc1ccco1)c1cccc([N+](=O)[O-])c1. The van der Waals surface area contributed by atoms with E-state index in [2.05, 4.69) is 10.2 Å². The molecule has 0 saturated carbocycles. The molecule has 10 heteroatoms. The summed E-state index contributed by atoms with van der Waals surface area (Å²) in [6.07, 6.45) is 3.12. The highest BCUT2D eigenvalue weighted by atomic mass is 32.2. The molecule has 0 atom stereocenters. The molecule has 4 rings (SSSR count). The summed E-state index contributed by atoms with van der Waals surface area (Å²) in [6, 6.07) is 12.8. The Morgan fingerprint density at radius 1 is 1.10 bits per heavy atom. The molecule has 0 bridgehead atoms. The zero-order valence-electron chi connectivity index (χ0n) is 14.9.